The Morgan fingerprint density at radius 2 is 1.70 bits per heavy atom. The zero-order valence-electron chi connectivity index (χ0n) is 22.2. The molecule has 0 bridgehead atoms. The monoisotopic (exact) mass is 553 g/mol. The van der Waals surface area contributed by atoms with E-state index in [-0.39, 0.29) is 24.1 Å². The highest BCUT2D eigenvalue weighted by Crippen LogP contribution is 2.32. The molecule has 0 radical (unpaired) electrons. The van der Waals surface area contributed by atoms with Crippen LogP contribution in [0.4, 0.5) is 5.69 Å². The van der Waals surface area contributed by atoms with Gasteiger partial charge in [-0.3, -0.25) is 13.9 Å². The summed E-state index contributed by atoms with van der Waals surface area (Å²) in [5, 5.41) is 3.33. The molecule has 2 aromatic rings. The van der Waals surface area contributed by atoms with Crippen molar-refractivity contribution in [1.82, 2.24) is 10.2 Å². The number of hydrogen-bond acceptors (Lipinski definition) is 6. The number of methoxy groups -OCH3 is 2. The van der Waals surface area contributed by atoms with Crippen molar-refractivity contribution in [3.8, 4) is 11.5 Å². The minimum Gasteiger partial charge on any atom is -0.493 e. The molecule has 1 N–H and O–H groups in total. The molecule has 1 unspecified atom stereocenters. The molecule has 2 aromatic carbocycles. The summed E-state index contributed by atoms with van der Waals surface area (Å²) in [7, 11) is -0.979. The smallest absolute Gasteiger partial charge is 0.244 e. The van der Waals surface area contributed by atoms with Gasteiger partial charge in [-0.1, -0.05) is 50.6 Å². The first-order valence-electron chi connectivity index (χ1n) is 11.9. The maximum absolute atomic E-state index is 13.8. The lowest BCUT2D eigenvalue weighted by Crippen LogP contribution is -2.52. The van der Waals surface area contributed by atoms with Crippen molar-refractivity contribution >= 4 is 39.1 Å². The van der Waals surface area contributed by atoms with E-state index < -0.39 is 28.5 Å². The summed E-state index contributed by atoms with van der Waals surface area (Å²) in [6.45, 7) is 5.71. The van der Waals surface area contributed by atoms with Crippen LogP contribution in [-0.4, -0.2) is 64.7 Å². The summed E-state index contributed by atoms with van der Waals surface area (Å²) < 4.78 is 37.1. The molecule has 1 atom stereocenters. The number of hydrogen-bond donors (Lipinski definition) is 1. The number of sulfonamides is 1. The van der Waals surface area contributed by atoms with Crippen LogP contribution in [0.1, 0.15) is 32.8 Å². The van der Waals surface area contributed by atoms with Gasteiger partial charge in [0.1, 0.15) is 12.6 Å². The van der Waals surface area contributed by atoms with Crippen LogP contribution in [0.3, 0.4) is 0 Å². The van der Waals surface area contributed by atoms with Gasteiger partial charge in [-0.15, -0.1) is 0 Å². The standard InChI is InChI=1S/C26H36ClN3O6S/c1-7-22(26(32)28-15-18(2)3)29(16-19-10-8-9-11-21(19)27)25(31)17-30(37(6,33)34)20-12-13-23(35-4)24(14-20)36-5/h8-14,18,22H,7,15-17H2,1-6H3,(H,28,32). The molecule has 0 aromatic heterocycles. The summed E-state index contributed by atoms with van der Waals surface area (Å²) >= 11 is 6.37. The first-order valence-corrected chi connectivity index (χ1v) is 14.2. The maximum atomic E-state index is 13.8. The number of halogens is 1. The molecule has 37 heavy (non-hydrogen) atoms. The second kappa shape index (κ2) is 13.5. The highest BCUT2D eigenvalue weighted by Gasteiger charge is 2.32. The SMILES string of the molecule is CCC(C(=O)NCC(C)C)N(Cc1ccccc1Cl)C(=O)CN(c1ccc(OC)c(OC)c1)S(C)(=O)=O. The molecule has 0 aliphatic rings. The average Bonchev–Trinajstić information content (AvgIpc) is 2.85. The van der Waals surface area contributed by atoms with Crippen molar-refractivity contribution in [2.45, 2.75) is 39.8 Å². The van der Waals surface area contributed by atoms with Crippen LogP contribution in [0.5, 0.6) is 11.5 Å². The van der Waals surface area contributed by atoms with E-state index in [0.29, 0.717) is 35.1 Å². The van der Waals surface area contributed by atoms with Crippen molar-refractivity contribution in [2.75, 3.05) is 37.9 Å². The van der Waals surface area contributed by atoms with Gasteiger partial charge in [-0.2, -0.15) is 0 Å². The molecule has 0 fully saturated rings. The van der Waals surface area contributed by atoms with Crippen molar-refractivity contribution in [1.29, 1.82) is 0 Å². The Balaban J connectivity index is 2.48. The third kappa shape index (κ3) is 8.26. The Morgan fingerprint density at radius 3 is 2.24 bits per heavy atom. The van der Waals surface area contributed by atoms with Crippen molar-refractivity contribution in [3.63, 3.8) is 0 Å². The Morgan fingerprint density at radius 1 is 1.05 bits per heavy atom. The van der Waals surface area contributed by atoms with E-state index >= 15 is 0 Å². The number of ether oxygens (including phenoxy) is 2. The van der Waals surface area contributed by atoms with E-state index in [1.165, 1.54) is 31.3 Å². The number of rotatable bonds is 13. The van der Waals surface area contributed by atoms with E-state index in [2.05, 4.69) is 5.32 Å². The molecule has 204 valence electrons. The molecule has 0 spiro atoms. The number of amides is 2. The molecule has 2 amide bonds. The average molecular weight is 554 g/mol. The fourth-order valence-electron chi connectivity index (χ4n) is 3.75. The number of nitrogens with one attached hydrogen (secondary N) is 1. The lowest BCUT2D eigenvalue weighted by molar-refractivity contribution is -0.140. The van der Waals surface area contributed by atoms with Gasteiger partial charge in [0.2, 0.25) is 21.8 Å². The number of carbonyl (C=O) groups excluding carboxylic acids is 2. The molecule has 9 nitrogen and oxygen atoms in total. The maximum Gasteiger partial charge on any atom is 0.244 e. The minimum absolute atomic E-state index is 0.0373. The second-order valence-corrected chi connectivity index (χ2v) is 11.3. The van der Waals surface area contributed by atoms with Gasteiger partial charge in [0, 0.05) is 24.2 Å². The van der Waals surface area contributed by atoms with Gasteiger partial charge >= 0.3 is 0 Å². The third-order valence-corrected chi connectivity index (χ3v) is 7.21. The van der Waals surface area contributed by atoms with Gasteiger partial charge in [0.05, 0.1) is 26.2 Å². The molecule has 2 rings (SSSR count). The summed E-state index contributed by atoms with van der Waals surface area (Å²) in [5.74, 6) is 0.0908. The first-order chi connectivity index (χ1) is 17.4. The molecule has 0 heterocycles. The van der Waals surface area contributed by atoms with E-state index in [9.17, 15) is 18.0 Å². The Hall–Kier alpha value is -2.98. The largest absolute Gasteiger partial charge is 0.493 e. The number of anilines is 1. The van der Waals surface area contributed by atoms with Gasteiger partial charge in [-0.25, -0.2) is 8.42 Å². The van der Waals surface area contributed by atoms with Crippen LogP contribution in [0.2, 0.25) is 5.02 Å². The van der Waals surface area contributed by atoms with Crippen LogP contribution in [0.15, 0.2) is 42.5 Å². The molecule has 0 saturated heterocycles. The van der Waals surface area contributed by atoms with Crippen LogP contribution in [-0.2, 0) is 26.2 Å². The summed E-state index contributed by atoms with van der Waals surface area (Å²) in [6.07, 6.45) is 1.34. The highest BCUT2D eigenvalue weighted by atomic mass is 35.5. The van der Waals surface area contributed by atoms with E-state index in [1.54, 1.807) is 37.3 Å². The predicted octanol–water partition coefficient (Wildman–Crippen LogP) is 3.70. The fraction of sp³-hybridized carbons (Fsp3) is 0.462. The van der Waals surface area contributed by atoms with Gasteiger partial charge in [0.25, 0.3) is 0 Å². The Labute approximate surface area is 224 Å². The van der Waals surface area contributed by atoms with Gasteiger partial charge in [-0.05, 0) is 36.1 Å². The van der Waals surface area contributed by atoms with Crippen molar-refractivity contribution in [2.24, 2.45) is 5.92 Å². The summed E-state index contributed by atoms with van der Waals surface area (Å²) in [5.41, 5.74) is 0.869. The van der Waals surface area contributed by atoms with Crippen LogP contribution < -0.4 is 19.1 Å². The number of benzene rings is 2. The highest BCUT2D eigenvalue weighted by molar-refractivity contribution is 7.92. The Kier molecular flexibility index (Phi) is 11.1. The van der Waals surface area contributed by atoms with Crippen molar-refractivity contribution in [3.05, 3.63) is 53.1 Å². The van der Waals surface area contributed by atoms with Gasteiger partial charge in [0.15, 0.2) is 11.5 Å². The number of carbonyl (C=O) groups is 2. The topological polar surface area (TPSA) is 105 Å². The third-order valence-electron chi connectivity index (χ3n) is 5.70. The quantitative estimate of drug-likeness (QED) is 0.405. The normalized spacial score (nSPS) is 12.1. The molecule has 0 aliphatic heterocycles. The molecular weight excluding hydrogens is 518 g/mol. The predicted molar refractivity (Wildman–Crippen MR) is 146 cm³/mol. The number of nitrogens with zero attached hydrogens (tertiary/aromatic N) is 2. The van der Waals surface area contributed by atoms with E-state index in [4.69, 9.17) is 21.1 Å². The Bertz CT molecular complexity index is 1190. The molecule has 0 aliphatic carbocycles. The molecule has 11 heteroatoms. The lowest BCUT2D eigenvalue weighted by Gasteiger charge is -2.33. The lowest BCUT2D eigenvalue weighted by atomic mass is 10.1. The van der Waals surface area contributed by atoms with E-state index in [1.807, 2.05) is 13.8 Å². The minimum atomic E-state index is -3.88. The van der Waals surface area contributed by atoms with E-state index in [0.717, 1.165) is 10.6 Å². The zero-order valence-corrected chi connectivity index (χ0v) is 23.7. The van der Waals surface area contributed by atoms with Crippen LogP contribution in [0.25, 0.3) is 0 Å². The fourth-order valence-corrected chi connectivity index (χ4v) is 4.78. The first kappa shape index (κ1) is 30.2. The molecule has 0 saturated carbocycles. The zero-order chi connectivity index (χ0) is 27.8. The summed E-state index contributed by atoms with van der Waals surface area (Å²) in [4.78, 5) is 28.2. The van der Waals surface area contributed by atoms with Crippen LogP contribution >= 0.6 is 11.6 Å². The van der Waals surface area contributed by atoms with Gasteiger partial charge < -0.3 is 19.7 Å². The second-order valence-electron chi connectivity index (χ2n) is 8.99. The van der Waals surface area contributed by atoms with Crippen LogP contribution in [0, 0.1) is 5.92 Å². The molecular formula is C26H36ClN3O6S. The van der Waals surface area contributed by atoms with Crippen molar-refractivity contribution < 1.29 is 27.5 Å². The summed E-state index contributed by atoms with van der Waals surface area (Å²) in [6, 6.07) is 10.8.